The quantitative estimate of drug-likeness (QED) is 0.537. The molecule has 1 aromatic carbocycles. The first-order valence-electron chi connectivity index (χ1n) is 9.52. The van der Waals surface area contributed by atoms with Crippen LogP contribution in [0.2, 0.25) is 0 Å². The minimum atomic E-state index is -0.107. The number of rotatable bonds is 6. The van der Waals surface area contributed by atoms with Crippen LogP contribution >= 0.6 is 0 Å². The Morgan fingerprint density at radius 1 is 1.35 bits per heavy atom. The van der Waals surface area contributed by atoms with Crippen LogP contribution in [-0.4, -0.2) is 66.1 Å². The number of aliphatic hydroxyl groups excluding tert-OH is 1. The molecular formula is C20H29N5O. The zero-order valence-electron chi connectivity index (χ0n) is 15.5. The van der Waals surface area contributed by atoms with Gasteiger partial charge in [0.25, 0.3) is 0 Å². The second kappa shape index (κ2) is 8.52. The Morgan fingerprint density at radius 2 is 2.08 bits per heavy atom. The fourth-order valence-corrected chi connectivity index (χ4v) is 3.76. The van der Waals surface area contributed by atoms with Gasteiger partial charge in [-0.1, -0.05) is 0 Å². The number of likely N-dealkylation sites (tertiary alicyclic amines) is 2. The molecular weight excluding hydrogens is 326 g/mol. The number of hydrogen-bond donors (Lipinski definition) is 3. The lowest BCUT2D eigenvalue weighted by Crippen LogP contribution is -2.54. The second-order valence-corrected chi connectivity index (χ2v) is 7.57. The van der Waals surface area contributed by atoms with Crippen molar-refractivity contribution in [2.45, 2.75) is 32.3 Å². The Bertz CT molecular complexity index is 669. The molecule has 0 aromatic heterocycles. The Kier molecular flexibility index (Phi) is 6.12. The molecule has 2 aliphatic rings. The van der Waals surface area contributed by atoms with Gasteiger partial charge in [0.05, 0.1) is 23.6 Å². The van der Waals surface area contributed by atoms with Gasteiger partial charge in [-0.05, 0) is 43.5 Å². The van der Waals surface area contributed by atoms with Crippen molar-refractivity contribution >= 4 is 11.5 Å². The Hall–Kier alpha value is -2.10. The van der Waals surface area contributed by atoms with E-state index in [1.165, 1.54) is 0 Å². The number of aliphatic hydroxyl groups is 1. The van der Waals surface area contributed by atoms with Gasteiger partial charge in [-0.25, -0.2) is 0 Å². The molecule has 2 fully saturated rings. The van der Waals surface area contributed by atoms with E-state index < -0.39 is 0 Å². The van der Waals surface area contributed by atoms with E-state index in [0.717, 1.165) is 63.4 Å². The van der Waals surface area contributed by atoms with E-state index in [0.29, 0.717) is 23.7 Å². The zero-order chi connectivity index (χ0) is 18.5. The van der Waals surface area contributed by atoms with E-state index in [2.05, 4.69) is 21.2 Å². The summed E-state index contributed by atoms with van der Waals surface area (Å²) >= 11 is 0. The van der Waals surface area contributed by atoms with Crippen molar-refractivity contribution in [3.8, 4) is 6.07 Å². The van der Waals surface area contributed by atoms with Crippen LogP contribution in [0, 0.1) is 29.6 Å². The first-order chi connectivity index (χ1) is 12.5. The van der Waals surface area contributed by atoms with Gasteiger partial charge in [0.1, 0.15) is 0 Å². The van der Waals surface area contributed by atoms with E-state index in [1.807, 2.05) is 25.1 Å². The third-order valence-corrected chi connectivity index (χ3v) is 5.45. The van der Waals surface area contributed by atoms with Crippen LogP contribution in [0.15, 0.2) is 18.2 Å². The smallest absolute Gasteiger partial charge is 0.0994 e. The predicted octanol–water partition coefficient (Wildman–Crippen LogP) is 2.03. The number of piperidine rings is 1. The monoisotopic (exact) mass is 355 g/mol. The van der Waals surface area contributed by atoms with Crippen molar-refractivity contribution in [3.63, 3.8) is 0 Å². The Balaban J connectivity index is 1.33. The SMILES string of the molecule is Cc1cc(NCCC(=N)N2CC(CN3CCC(O)CC3)C2)ccc1C#N. The van der Waals surface area contributed by atoms with Gasteiger partial charge in [-0.15, -0.1) is 0 Å². The number of benzene rings is 1. The highest BCUT2D eigenvalue weighted by molar-refractivity contribution is 5.80. The topological polar surface area (TPSA) is 86.4 Å². The molecule has 140 valence electrons. The first-order valence-corrected chi connectivity index (χ1v) is 9.52. The van der Waals surface area contributed by atoms with E-state index in [9.17, 15) is 5.11 Å². The first kappa shape index (κ1) is 18.7. The van der Waals surface area contributed by atoms with Gasteiger partial charge in [0.15, 0.2) is 0 Å². The summed E-state index contributed by atoms with van der Waals surface area (Å²) in [6, 6.07) is 7.92. The van der Waals surface area contributed by atoms with Crippen LogP contribution in [0.5, 0.6) is 0 Å². The van der Waals surface area contributed by atoms with E-state index in [4.69, 9.17) is 10.7 Å². The summed E-state index contributed by atoms with van der Waals surface area (Å²) in [4.78, 5) is 4.61. The number of amidine groups is 1. The van der Waals surface area contributed by atoms with Gasteiger partial charge in [-0.2, -0.15) is 5.26 Å². The molecule has 3 N–H and O–H groups in total. The van der Waals surface area contributed by atoms with E-state index in [-0.39, 0.29) is 6.10 Å². The number of nitrogens with zero attached hydrogens (tertiary/aromatic N) is 3. The number of nitrogens with one attached hydrogen (secondary N) is 2. The number of aryl methyl sites for hydroxylation is 1. The predicted molar refractivity (Wildman–Crippen MR) is 103 cm³/mol. The molecule has 1 aromatic rings. The highest BCUT2D eigenvalue weighted by Gasteiger charge is 2.30. The average Bonchev–Trinajstić information content (AvgIpc) is 2.59. The fourth-order valence-electron chi connectivity index (χ4n) is 3.76. The zero-order valence-corrected chi connectivity index (χ0v) is 15.5. The van der Waals surface area contributed by atoms with Gasteiger partial charge in [-0.3, -0.25) is 5.41 Å². The van der Waals surface area contributed by atoms with Crippen LogP contribution in [0.1, 0.15) is 30.4 Å². The van der Waals surface area contributed by atoms with Gasteiger partial charge in [0, 0.05) is 57.3 Å². The second-order valence-electron chi connectivity index (χ2n) is 7.57. The van der Waals surface area contributed by atoms with Gasteiger partial charge in [0.2, 0.25) is 0 Å². The van der Waals surface area contributed by atoms with E-state index in [1.54, 1.807) is 0 Å². The number of anilines is 1. The summed E-state index contributed by atoms with van der Waals surface area (Å²) in [5, 5.41) is 30.1. The summed E-state index contributed by atoms with van der Waals surface area (Å²) in [6.07, 6.45) is 2.39. The lowest BCUT2D eigenvalue weighted by Gasteiger charge is -2.44. The van der Waals surface area contributed by atoms with Crippen LogP contribution in [0.4, 0.5) is 5.69 Å². The molecule has 0 saturated carbocycles. The maximum Gasteiger partial charge on any atom is 0.0994 e. The van der Waals surface area contributed by atoms with Crippen LogP contribution in [-0.2, 0) is 0 Å². The molecule has 3 rings (SSSR count). The third-order valence-electron chi connectivity index (χ3n) is 5.45. The molecule has 0 aliphatic carbocycles. The molecule has 6 heteroatoms. The van der Waals surface area contributed by atoms with Crippen LogP contribution < -0.4 is 5.32 Å². The van der Waals surface area contributed by atoms with Crippen molar-refractivity contribution in [2.24, 2.45) is 5.92 Å². The van der Waals surface area contributed by atoms with Crippen LogP contribution in [0.25, 0.3) is 0 Å². The molecule has 0 bridgehead atoms. The van der Waals surface area contributed by atoms with Crippen molar-refractivity contribution in [3.05, 3.63) is 29.3 Å². The highest BCUT2D eigenvalue weighted by Crippen LogP contribution is 2.20. The summed E-state index contributed by atoms with van der Waals surface area (Å²) < 4.78 is 0. The molecule has 2 heterocycles. The lowest BCUT2D eigenvalue weighted by molar-refractivity contribution is 0.0553. The summed E-state index contributed by atoms with van der Waals surface area (Å²) in [7, 11) is 0. The molecule has 2 aliphatic heterocycles. The van der Waals surface area contributed by atoms with Crippen molar-refractivity contribution < 1.29 is 5.11 Å². The minimum Gasteiger partial charge on any atom is -0.393 e. The molecule has 2 saturated heterocycles. The van der Waals surface area contributed by atoms with Gasteiger partial charge >= 0.3 is 0 Å². The summed E-state index contributed by atoms with van der Waals surface area (Å²) in [5.74, 6) is 1.35. The van der Waals surface area contributed by atoms with Crippen molar-refractivity contribution in [1.29, 1.82) is 10.7 Å². The molecule has 0 unspecified atom stereocenters. The fraction of sp³-hybridized carbons (Fsp3) is 0.600. The standard InChI is InChI=1S/C20H29N5O/c1-15-10-18(3-2-17(15)11-21)23-7-4-20(22)25-13-16(14-25)12-24-8-5-19(26)6-9-24/h2-3,10,16,19,22-23,26H,4-9,12-14H2,1H3. The van der Waals surface area contributed by atoms with E-state index >= 15 is 0 Å². The van der Waals surface area contributed by atoms with Gasteiger partial charge < -0.3 is 20.2 Å². The molecule has 6 nitrogen and oxygen atoms in total. The maximum absolute atomic E-state index is 9.57. The Morgan fingerprint density at radius 3 is 2.73 bits per heavy atom. The van der Waals surface area contributed by atoms with Crippen LogP contribution in [0.3, 0.4) is 0 Å². The highest BCUT2D eigenvalue weighted by atomic mass is 16.3. The maximum atomic E-state index is 9.57. The normalized spacial score (nSPS) is 19.0. The molecule has 0 radical (unpaired) electrons. The molecule has 26 heavy (non-hydrogen) atoms. The lowest BCUT2D eigenvalue weighted by atomic mass is 9.97. The molecule has 0 atom stereocenters. The summed E-state index contributed by atoms with van der Waals surface area (Å²) in [6.45, 7) is 7.73. The third kappa shape index (κ3) is 4.75. The minimum absolute atomic E-state index is 0.107. The molecule has 0 amide bonds. The largest absolute Gasteiger partial charge is 0.393 e. The molecule has 0 spiro atoms. The number of hydrogen-bond acceptors (Lipinski definition) is 5. The average molecular weight is 355 g/mol. The Labute approximate surface area is 155 Å². The van der Waals surface area contributed by atoms with Crippen molar-refractivity contribution in [2.75, 3.05) is 44.6 Å². The summed E-state index contributed by atoms with van der Waals surface area (Å²) in [5.41, 5.74) is 2.68. The number of nitriles is 1. The van der Waals surface area contributed by atoms with Crippen molar-refractivity contribution in [1.82, 2.24) is 9.80 Å².